The Hall–Kier alpha value is -0.336. The van der Waals surface area contributed by atoms with Crippen molar-refractivity contribution in [2.24, 2.45) is 0 Å². The van der Waals surface area contributed by atoms with Crippen LogP contribution in [0.5, 0.6) is 0 Å². The monoisotopic (exact) mass is 292 g/mol. The van der Waals surface area contributed by atoms with E-state index in [-0.39, 0.29) is 44.3 Å². The molecule has 0 atom stereocenters. The zero-order chi connectivity index (χ0) is 11.6. The van der Waals surface area contributed by atoms with Crippen LogP contribution in [0.4, 0.5) is 0 Å². The van der Waals surface area contributed by atoms with Crippen molar-refractivity contribution in [2.75, 3.05) is 0 Å². The Bertz CT molecular complexity index is 376. The second-order valence-electron chi connectivity index (χ2n) is 3.89. The summed E-state index contributed by atoms with van der Waals surface area (Å²) in [6, 6.07) is 6.59. The van der Waals surface area contributed by atoms with Gasteiger partial charge in [0.25, 0.3) is 0 Å². The van der Waals surface area contributed by atoms with Crippen molar-refractivity contribution in [3.63, 3.8) is 0 Å². The molecule has 0 amide bonds. The first-order valence-corrected chi connectivity index (χ1v) is 4.93. The van der Waals surface area contributed by atoms with E-state index in [0.717, 1.165) is 16.7 Å². The minimum Gasteiger partial charge on any atom is -0.299 e. The Morgan fingerprint density at radius 1 is 1.06 bits per heavy atom. The normalized spacial score (nSPS) is 9.81. The summed E-state index contributed by atoms with van der Waals surface area (Å²) in [4.78, 5) is 22.9. The van der Waals surface area contributed by atoms with Crippen molar-refractivity contribution in [3.8, 4) is 0 Å². The van der Waals surface area contributed by atoms with Gasteiger partial charge in [-0.25, -0.2) is 0 Å². The third kappa shape index (κ3) is 3.33. The number of hydrogen-bond acceptors (Lipinski definition) is 2. The predicted octanol–water partition coefficient (Wildman–Crippen LogP) is 2.36. The van der Waals surface area contributed by atoms with Gasteiger partial charge in [-0.15, -0.1) is 5.56 Å². The molecule has 0 bridgehead atoms. The number of benzene rings is 1. The van der Waals surface area contributed by atoms with E-state index in [1.165, 1.54) is 13.8 Å². The summed E-state index contributed by atoms with van der Waals surface area (Å²) in [5, 5.41) is 0. The van der Waals surface area contributed by atoms with Gasteiger partial charge in [-0.2, -0.15) is 29.3 Å². The van der Waals surface area contributed by atoms with Crippen LogP contribution < -0.4 is 0 Å². The fraction of sp³-hybridized carbons (Fsp3) is 0.385. The molecular formula is C13H15O2Y-. The van der Waals surface area contributed by atoms with E-state index in [0.29, 0.717) is 0 Å². The molecule has 1 aromatic rings. The van der Waals surface area contributed by atoms with Crippen LogP contribution in [0.15, 0.2) is 12.1 Å². The molecular weight excluding hydrogens is 277 g/mol. The first kappa shape index (κ1) is 15.7. The smallest absolute Gasteiger partial charge is 0.142 e. The average Bonchev–Trinajstić information content (AvgIpc) is 2.09. The first-order valence-electron chi connectivity index (χ1n) is 4.93. The molecule has 0 N–H and O–H groups in total. The summed E-state index contributed by atoms with van der Waals surface area (Å²) in [6.07, 6.45) is 0. The van der Waals surface area contributed by atoms with E-state index in [9.17, 15) is 9.59 Å². The molecule has 0 saturated heterocycles. The Balaban J connectivity index is 0.00000225. The number of aryl methyl sites for hydroxylation is 2. The summed E-state index contributed by atoms with van der Waals surface area (Å²) < 4.78 is 0. The summed E-state index contributed by atoms with van der Waals surface area (Å²) in [7, 11) is 0. The number of carbonyl (C=O) groups excluding carboxylic acids is 2. The molecule has 3 heteroatoms. The quantitative estimate of drug-likeness (QED) is 0.633. The van der Waals surface area contributed by atoms with Crippen molar-refractivity contribution in [3.05, 3.63) is 34.9 Å². The second-order valence-corrected chi connectivity index (χ2v) is 3.89. The molecule has 0 heterocycles. The summed E-state index contributed by atoms with van der Waals surface area (Å²) >= 11 is 0. The van der Waals surface area contributed by atoms with Crippen LogP contribution in [0.2, 0.25) is 0 Å². The van der Waals surface area contributed by atoms with E-state index in [4.69, 9.17) is 0 Å². The van der Waals surface area contributed by atoms with Crippen LogP contribution in [-0.4, -0.2) is 11.6 Å². The van der Waals surface area contributed by atoms with Gasteiger partial charge >= 0.3 is 0 Å². The molecule has 16 heavy (non-hydrogen) atoms. The first-order chi connectivity index (χ1) is 6.95. The van der Waals surface area contributed by atoms with Crippen molar-refractivity contribution >= 4 is 11.6 Å². The van der Waals surface area contributed by atoms with Gasteiger partial charge in [0, 0.05) is 32.7 Å². The molecule has 0 spiro atoms. The Morgan fingerprint density at radius 2 is 1.44 bits per heavy atom. The van der Waals surface area contributed by atoms with Gasteiger partial charge in [-0.05, 0) is 13.8 Å². The van der Waals surface area contributed by atoms with Crippen LogP contribution in [0, 0.1) is 19.9 Å². The maximum absolute atomic E-state index is 11.5. The van der Waals surface area contributed by atoms with E-state index in [1.807, 2.05) is 13.8 Å². The molecule has 1 aromatic carbocycles. The summed E-state index contributed by atoms with van der Waals surface area (Å²) in [6.45, 7) is 6.72. The molecule has 2 nitrogen and oxygen atoms in total. The molecule has 1 radical (unpaired) electrons. The Labute approximate surface area is 122 Å². The second kappa shape index (κ2) is 6.41. The third-order valence-corrected chi connectivity index (χ3v) is 2.55. The van der Waals surface area contributed by atoms with Crippen LogP contribution in [0.25, 0.3) is 0 Å². The molecule has 0 aliphatic rings. The Morgan fingerprint density at radius 3 is 1.75 bits per heavy atom. The maximum Gasteiger partial charge on any atom is 0.142 e. The molecule has 0 aliphatic carbocycles. The van der Waals surface area contributed by atoms with Gasteiger partial charge in [0.2, 0.25) is 0 Å². The van der Waals surface area contributed by atoms with Gasteiger partial charge in [-0.3, -0.25) is 9.59 Å². The zero-order valence-corrected chi connectivity index (χ0v) is 13.0. The van der Waals surface area contributed by atoms with Crippen molar-refractivity contribution in [1.29, 1.82) is 0 Å². The van der Waals surface area contributed by atoms with Gasteiger partial charge in [0.05, 0.1) is 5.92 Å². The summed E-state index contributed by atoms with van der Waals surface area (Å²) in [5.74, 6) is -0.806. The largest absolute Gasteiger partial charge is 0.299 e. The molecule has 1 rings (SSSR count). The zero-order valence-electron chi connectivity index (χ0n) is 10.1. The van der Waals surface area contributed by atoms with Crippen molar-refractivity contribution in [1.82, 2.24) is 0 Å². The molecule has 0 fully saturated rings. The molecule has 83 valence electrons. The third-order valence-electron chi connectivity index (χ3n) is 2.55. The standard InChI is InChI=1S/C13H15O2.Y/c1-8-6-5-7-9(2)12(8)13(10(3)14)11(4)15;/h6-7,13H,1-4H3;/q-1;. The van der Waals surface area contributed by atoms with Gasteiger partial charge in [0.15, 0.2) is 0 Å². The molecule has 0 unspecified atom stereocenters. The SMILES string of the molecule is CC(=O)C(C(C)=O)c1c(C)c[c-]cc1C.[Y]. The van der Waals surface area contributed by atoms with Crippen LogP contribution >= 0.6 is 0 Å². The molecule has 0 saturated carbocycles. The maximum atomic E-state index is 11.5. The van der Waals surface area contributed by atoms with E-state index < -0.39 is 5.92 Å². The van der Waals surface area contributed by atoms with Crippen LogP contribution in [0.1, 0.15) is 36.5 Å². The molecule has 0 aliphatic heterocycles. The topological polar surface area (TPSA) is 34.1 Å². The van der Waals surface area contributed by atoms with E-state index in [1.54, 1.807) is 12.1 Å². The van der Waals surface area contributed by atoms with Crippen LogP contribution in [0.3, 0.4) is 0 Å². The van der Waals surface area contributed by atoms with E-state index in [2.05, 4.69) is 6.07 Å². The number of Topliss-reactive ketones (excluding diaryl/α,β-unsaturated/α-hetero) is 2. The van der Waals surface area contributed by atoms with E-state index >= 15 is 0 Å². The van der Waals surface area contributed by atoms with Crippen LogP contribution in [-0.2, 0) is 42.3 Å². The fourth-order valence-corrected chi connectivity index (χ4v) is 1.91. The van der Waals surface area contributed by atoms with Crippen molar-refractivity contribution in [2.45, 2.75) is 33.6 Å². The minimum absolute atomic E-state index is 0. The average molecular weight is 292 g/mol. The minimum atomic E-state index is -0.611. The predicted molar refractivity (Wildman–Crippen MR) is 58.9 cm³/mol. The Kier molecular flexibility index (Phi) is 6.28. The van der Waals surface area contributed by atoms with Gasteiger partial charge in [-0.1, -0.05) is 13.8 Å². The van der Waals surface area contributed by atoms with Gasteiger partial charge < -0.3 is 0 Å². The number of rotatable bonds is 3. The summed E-state index contributed by atoms with van der Waals surface area (Å²) in [5.41, 5.74) is 2.74. The molecule has 0 aromatic heterocycles. The van der Waals surface area contributed by atoms with Gasteiger partial charge in [0.1, 0.15) is 11.6 Å². The number of hydrogen-bond donors (Lipinski definition) is 0. The number of carbonyl (C=O) groups is 2. The van der Waals surface area contributed by atoms with Crippen molar-refractivity contribution < 1.29 is 42.3 Å². The fourth-order valence-electron chi connectivity index (χ4n) is 1.91. The number of ketones is 2.